The van der Waals surface area contributed by atoms with Gasteiger partial charge in [0, 0.05) is 20.0 Å². The zero-order valence-electron chi connectivity index (χ0n) is 10.2. The van der Waals surface area contributed by atoms with Crippen LogP contribution in [-0.4, -0.2) is 46.8 Å². The molecule has 1 aliphatic rings. The first kappa shape index (κ1) is 13.5. The minimum Gasteiger partial charge on any atom is -0.393 e. The molecule has 1 aliphatic carbocycles. The summed E-state index contributed by atoms with van der Waals surface area (Å²) in [5, 5.41) is 18.9. The van der Waals surface area contributed by atoms with Gasteiger partial charge in [0.25, 0.3) is 0 Å². The van der Waals surface area contributed by atoms with E-state index in [4.69, 9.17) is 0 Å². The van der Waals surface area contributed by atoms with E-state index in [1.165, 1.54) is 0 Å². The molecule has 0 aliphatic heterocycles. The zero-order valence-corrected chi connectivity index (χ0v) is 10.2. The number of rotatable bonds is 4. The Labute approximate surface area is 97.3 Å². The molecule has 4 heteroatoms. The highest BCUT2D eigenvalue weighted by atomic mass is 16.3. The van der Waals surface area contributed by atoms with Gasteiger partial charge in [0.2, 0.25) is 5.91 Å². The number of hydrogen-bond acceptors (Lipinski definition) is 3. The molecule has 0 aromatic heterocycles. The third-order valence-corrected chi connectivity index (χ3v) is 3.27. The molecular weight excluding hydrogens is 206 g/mol. The number of aliphatic hydroxyl groups is 2. The first-order valence-corrected chi connectivity index (χ1v) is 6.10. The van der Waals surface area contributed by atoms with Gasteiger partial charge in [-0.1, -0.05) is 12.8 Å². The van der Waals surface area contributed by atoms with Gasteiger partial charge >= 0.3 is 0 Å². The monoisotopic (exact) mass is 229 g/mol. The second-order valence-electron chi connectivity index (χ2n) is 4.94. The first-order chi connectivity index (χ1) is 7.50. The van der Waals surface area contributed by atoms with E-state index in [1.54, 1.807) is 18.9 Å². The summed E-state index contributed by atoms with van der Waals surface area (Å²) in [5.74, 6) is 0.129. The van der Waals surface area contributed by atoms with Crippen LogP contribution in [0.4, 0.5) is 0 Å². The summed E-state index contributed by atoms with van der Waals surface area (Å²) in [6.45, 7) is 2.03. The molecule has 1 fully saturated rings. The minimum absolute atomic E-state index is 0.0202. The normalized spacial score (nSPS) is 27.5. The van der Waals surface area contributed by atoms with Crippen LogP contribution >= 0.6 is 0 Å². The van der Waals surface area contributed by atoms with Crippen LogP contribution < -0.4 is 0 Å². The summed E-state index contributed by atoms with van der Waals surface area (Å²) in [4.78, 5) is 13.3. The molecule has 0 spiro atoms. The Morgan fingerprint density at radius 3 is 2.62 bits per heavy atom. The molecule has 4 nitrogen and oxygen atoms in total. The fraction of sp³-hybridized carbons (Fsp3) is 0.917. The second-order valence-corrected chi connectivity index (χ2v) is 4.94. The topological polar surface area (TPSA) is 60.8 Å². The molecule has 0 saturated heterocycles. The fourth-order valence-electron chi connectivity index (χ4n) is 2.30. The van der Waals surface area contributed by atoms with E-state index >= 15 is 0 Å². The maximum Gasteiger partial charge on any atom is 0.222 e. The average molecular weight is 229 g/mol. The zero-order chi connectivity index (χ0) is 12.1. The quantitative estimate of drug-likeness (QED) is 0.748. The molecule has 0 aromatic carbocycles. The van der Waals surface area contributed by atoms with E-state index in [-0.39, 0.29) is 17.9 Å². The third-order valence-electron chi connectivity index (χ3n) is 3.27. The molecule has 1 amide bonds. The molecule has 0 unspecified atom stereocenters. The third kappa shape index (κ3) is 4.10. The van der Waals surface area contributed by atoms with E-state index < -0.39 is 6.10 Å². The van der Waals surface area contributed by atoms with Crippen LogP contribution in [0.15, 0.2) is 0 Å². The van der Waals surface area contributed by atoms with Gasteiger partial charge in [-0.3, -0.25) is 4.79 Å². The average Bonchev–Trinajstić information content (AvgIpc) is 2.20. The van der Waals surface area contributed by atoms with Crippen molar-refractivity contribution >= 4 is 5.91 Å². The Morgan fingerprint density at radius 1 is 1.44 bits per heavy atom. The Morgan fingerprint density at radius 2 is 2.06 bits per heavy atom. The second kappa shape index (κ2) is 6.21. The predicted molar refractivity (Wildman–Crippen MR) is 61.9 cm³/mol. The van der Waals surface area contributed by atoms with Gasteiger partial charge in [-0.2, -0.15) is 0 Å². The van der Waals surface area contributed by atoms with Crippen molar-refractivity contribution in [3.8, 4) is 0 Å². The van der Waals surface area contributed by atoms with Gasteiger partial charge in [-0.25, -0.2) is 0 Å². The van der Waals surface area contributed by atoms with Crippen molar-refractivity contribution in [1.29, 1.82) is 0 Å². The van der Waals surface area contributed by atoms with Crippen molar-refractivity contribution in [3.63, 3.8) is 0 Å². The highest BCUT2D eigenvalue weighted by Gasteiger charge is 2.26. The molecule has 0 bridgehead atoms. The highest BCUT2D eigenvalue weighted by Crippen LogP contribution is 2.27. The molecule has 0 radical (unpaired) electrons. The Hall–Kier alpha value is -0.610. The lowest BCUT2D eigenvalue weighted by atomic mass is 9.84. The summed E-state index contributed by atoms with van der Waals surface area (Å²) in [6.07, 6.45) is 3.52. The van der Waals surface area contributed by atoms with Crippen LogP contribution in [0.5, 0.6) is 0 Å². The first-order valence-electron chi connectivity index (χ1n) is 6.10. The van der Waals surface area contributed by atoms with E-state index in [0.717, 1.165) is 25.7 Å². The lowest BCUT2D eigenvalue weighted by molar-refractivity contribution is -0.133. The van der Waals surface area contributed by atoms with Crippen LogP contribution in [-0.2, 0) is 4.79 Å². The van der Waals surface area contributed by atoms with E-state index in [0.29, 0.717) is 13.0 Å². The van der Waals surface area contributed by atoms with Gasteiger partial charge in [0.1, 0.15) is 0 Å². The van der Waals surface area contributed by atoms with Crippen LogP contribution in [0.1, 0.15) is 39.0 Å². The number of carbonyl (C=O) groups excluding carboxylic acids is 1. The standard InChI is InChI=1S/C12H23NO3/c1-9(14)8-13(2)12(16)7-10-5-3-4-6-11(10)15/h9-11,14-15H,3-8H2,1-2H3/t9-,10+,11-/m1/s1. The Bertz CT molecular complexity index is 230. The number of carbonyl (C=O) groups is 1. The summed E-state index contributed by atoms with van der Waals surface area (Å²) >= 11 is 0. The summed E-state index contributed by atoms with van der Waals surface area (Å²) in [6, 6.07) is 0. The van der Waals surface area contributed by atoms with Crippen molar-refractivity contribution in [1.82, 2.24) is 4.90 Å². The highest BCUT2D eigenvalue weighted by molar-refractivity contribution is 5.76. The van der Waals surface area contributed by atoms with Gasteiger partial charge < -0.3 is 15.1 Å². The Balaban J connectivity index is 2.37. The van der Waals surface area contributed by atoms with Crippen LogP contribution in [0.25, 0.3) is 0 Å². The van der Waals surface area contributed by atoms with Crippen molar-refractivity contribution in [2.45, 2.75) is 51.2 Å². The van der Waals surface area contributed by atoms with Gasteiger partial charge in [0.05, 0.1) is 12.2 Å². The number of amides is 1. The van der Waals surface area contributed by atoms with Crippen LogP contribution in [0, 0.1) is 5.92 Å². The van der Waals surface area contributed by atoms with Crippen molar-refractivity contribution in [2.24, 2.45) is 5.92 Å². The van der Waals surface area contributed by atoms with Gasteiger partial charge in [0.15, 0.2) is 0 Å². The van der Waals surface area contributed by atoms with Gasteiger partial charge in [-0.05, 0) is 25.7 Å². The molecule has 0 aromatic rings. The number of nitrogens with zero attached hydrogens (tertiary/aromatic N) is 1. The lowest BCUT2D eigenvalue weighted by Gasteiger charge is -2.29. The molecule has 3 atom stereocenters. The fourth-order valence-corrected chi connectivity index (χ4v) is 2.30. The van der Waals surface area contributed by atoms with Gasteiger partial charge in [-0.15, -0.1) is 0 Å². The molecule has 1 saturated carbocycles. The van der Waals surface area contributed by atoms with Crippen LogP contribution in [0.3, 0.4) is 0 Å². The molecule has 16 heavy (non-hydrogen) atoms. The largest absolute Gasteiger partial charge is 0.393 e. The summed E-state index contributed by atoms with van der Waals surface area (Å²) in [7, 11) is 1.70. The number of likely N-dealkylation sites (N-methyl/N-ethyl adjacent to an activating group) is 1. The molecule has 0 heterocycles. The predicted octanol–water partition coefficient (Wildman–Crippen LogP) is 0.767. The molecular formula is C12H23NO3. The maximum absolute atomic E-state index is 11.8. The van der Waals surface area contributed by atoms with E-state index in [9.17, 15) is 15.0 Å². The summed E-state index contributed by atoms with van der Waals surface area (Å²) in [5.41, 5.74) is 0. The molecule has 1 rings (SSSR count). The SMILES string of the molecule is C[C@@H](O)CN(C)C(=O)C[C@@H]1CCCC[C@H]1O. The number of hydrogen-bond donors (Lipinski definition) is 2. The summed E-state index contributed by atoms with van der Waals surface area (Å²) < 4.78 is 0. The Kier molecular flexibility index (Phi) is 5.22. The van der Waals surface area contributed by atoms with Crippen molar-refractivity contribution < 1.29 is 15.0 Å². The van der Waals surface area contributed by atoms with Crippen molar-refractivity contribution in [3.05, 3.63) is 0 Å². The van der Waals surface area contributed by atoms with Crippen LogP contribution in [0.2, 0.25) is 0 Å². The molecule has 2 N–H and O–H groups in total. The lowest BCUT2D eigenvalue weighted by Crippen LogP contribution is -2.36. The van der Waals surface area contributed by atoms with E-state index in [2.05, 4.69) is 0 Å². The van der Waals surface area contributed by atoms with E-state index in [1.807, 2.05) is 0 Å². The maximum atomic E-state index is 11.8. The number of aliphatic hydroxyl groups excluding tert-OH is 2. The van der Waals surface area contributed by atoms with Crippen molar-refractivity contribution in [2.75, 3.05) is 13.6 Å². The minimum atomic E-state index is -0.495. The smallest absolute Gasteiger partial charge is 0.222 e. The molecule has 94 valence electrons.